The zero-order chi connectivity index (χ0) is 14.5. The summed E-state index contributed by atoms with van der Waals surface area (Å²) < 4.78 is 0. The van der Waals surface area contributed by atoms with E-state index in [0.29, 0.717) is 16.9 Å². The van der Waals surface area contributed by atoms with Gasteiger partial charge < -0.3 is 10.4 Å². The number of hydrogen-bond acceptors (Lipinski definition) is 3. The molecule has 0 unspecified atom stereocenters. The van der Waals surface area contributed by atoms with Gasteiger partial charge in [-0.1, -0.05) is 31.4 Å². The molecule has 0 aliphatic heterocycles. The fourth-order valence-corrected chi connectivity index (χ4v) is 3.08. The Balaban J connectivity index is 1.93. The third-order valence-corrected chi connectivity index (χ3v) is 4.26. The summed E-state index contributed by atoms with van der Waals surface area (Å²) in [6.45, 7) is 2.23. The van der Waals surface area contributed by atoms with Crippen molar-refractivity contribution in [2.45, 2.75) is 51.5 Å². The van der Waals surface area contributed by atoms with Crippen LogP contribution in [-0.4, -0.2) is 22.1 Å². The van der Waals surface area contributed by atoms with Gasteiger partial charge in [0.2, 0.25) is 0 Å². The number of aromatic nitrogens is 1. The topological polar surface area (TPSA) is 62.2 Å². The molecule has 110 valence electrons. The second-order valence-corrected chi connectivity index (χ2v) is 5.92. The van der Waals surface area contributed by atoms with Crippen LogP contribution < -0.4 is 5.32 Å². The van der Waals surface area contributed by atoms with Gasteiger partial charge >= 0.3 is 5.97 Å². The van der Waals surface area contributed by atoms with E-state index in [1.165, 1.54) is 37.9 Å². The van der Waals surface area contributed by atoms with Gasteiger partial charge in [-0.15, -0.1) is 0 Å². The smallest absolute Gasteiger partial charge is 0.337 e. The molecule has 1 aromatic heterocycles. The van der Waals surface area contributed by atoms with Gasteiger partial charge in [-0.2, -0.15) is 0 Å². The molecule has 20 heavy (non-hydrogen) atoms. The predicted octanol–water partition coefficient (Wildman–Crippen LogP) is 4.20. The number of anilines is 1. The molecule has 4 nitrogen and oxygen atoms in total. The molecule has 0 spiro atoms. The minimum atomic E-state index is -1.01. The maximum Gasteiger partial charge on any atom is 0.337 e. The molecule has 1 aliphatic carbocycles. The Morgan fingerprint density at radius 1 is 1.45 bits per heavy atom. The van der Waals surface area contributed by atoms with Crippen molar-refractivity contribution in [3.05, 3.63) is 22.8 Å². The Morgan fingerprint density at radius 3 is 2.70 bits per heavy atom. The summed E-state index contributed by atoms with van der Waals surface area (Å²) in [4.78, 5) is 15.0. The summed E-state index contributed by atoms with van der Waals surface area (Å²) in [5, 5.41) is 12.6. The van der Waals surface area contributed by atoms with Crippen molar-refractivity contribution >= 4 is 23.4 Å². The molecule has 2 rings (SSSR count). The van der Waals surface area contributed by atoms with E-state index in [-0.39, 0.29) is 5.56 Å². The average molecular weight is 297 g/mol. The Kier molecular flexibility index (Phi) is 5.24. The highest BCUT2D eigenvalue weighted by Gasteiger charge is 2.21. The quantitative estimate of drug-likeness (QED) is 0.854. The number of carbonyl (C=O) groups is 1. The first-order chi connectivity index (χ1) is 9.60. The van der Waals surface area contributed by atoms with Crippen LogP contribution >= 0.6 is 11.6 Å². The van der Waals surface area contributed by atoms with Gasteiger partial charge in [-0.3, -0.25) is 0 Å². The van der Waals surface area contributed by atoms with E-state index in [1.54, 1.807) is 0 Å². The zero-order valence-electron chi connectivity index (χ0n) is 11.7. The molecule has 5 heteroatoms. The fourth-order valence-electron chi connectivity index (χ4n) is 2.86. The lowest BCUT2D eigenvalue weighted by atomic mass is 9.83. The van der Waals surface area contributed by atoms with Crippen LogP contribution in [-0.2, 0) is 0 Å². The summed E-state index contributed by atoms with van der Waals surface area (Å²) >= 11 is 6.08. The zero-order valence-corrected chi connectivity index (χ0v) is 12.5. The number of hydrogen-bond donors (Lipinski definition) is 2. The van der Waals surface area contributed by atoms with Crippen LogP contribution in [0, 0.1) is 5.92 Å². The lowest BCUT2D eigenvalue weighted by Gasteiger charge is -2.29. The number of rotatable bonds is 5. The van der Waals surface area contributed by atoms with Crippen LogP contribution in [0.15, 0.2) is 12.3 Å². The van der Waals surface area contributed by atoms with E-state index < -0.39 is 5.97 Å². The molecular weight excluding hydrogens is 276 g/mol. The van der Waals surface area contributed by atoms with Gasteiger partial charge in [0.25, 0.3) is 0 Å². The highest BCUT2D eigenvalue weighted by atomic mass is 35.5. The van der Waals surface area contributed by atoms with Gasteiger partial charge in [-0.05, 0) is 37.7 Å². The van der Waals surface area contributed by atoms with Crippen LogP contribution in [0.2, 0.25) is 5.02 Å². The van der Waals surface area contributed by atoms with Gasteiger partial charge in [0.1, 0.15) is 5.82 Å². The number of carboxylic acid groups (broad SMARTS) is 1. The van der Waals surface area contributed by atoms with Gasteiger partial charge in [0, 0.05) is 12.2 Å². The Bertz CT molecular complexity index is 471. The third kappa shape index (κ3) is 3.85. The number of halogens is 1. The number of aromatic carboxylic acids is 1. The predicted molar refractivity (Wildman–Crippen MR) is 80.5 cm³/mol. The van der Waals surface area contributed by atoms with E-state index in [9.17, 15) is 4.79 Å². The maximum atomic E-state index is 10.8. The van der Waals surface area contributed by atoms with Gasteiger partial charge in [0.15, 0.2) is 0 Å². The monoisotopic (exact) mass is 296 g/mol. The van der Waals surface area contributed by atoms with E-state index in [1.807, 2.05) is 0 Å². The molecule has 1 saturated carbocycles. The van der Waals surface area contributed by atoms with Crippen LogP contribution in [0.4, 0.5) is 5.82 Å². The van der Waals surface area contributed by atoms with Crippen molar-refractivity contribution in [2.24, 2.45) is 5.92 Å². The third-order valence-electron chi connectivity index (χ3n) is 3.97. The van der Waals surface area contributed by atoms with Crippen LogP contribution in [0.3, 0.4) is 0 Å². The second kappa shape index (κ2) is 6.93. The number of nitrogens with zero attached hydrogens (tertiary/aromatic N) is 1. The van der Waals surface area contributed by atoms with Crippen LogP contribution in [0.5, 0.6) is 0 Å². The van der Waals surface area contributed by atoms with E-state index >= 15 is 0 Å². The summed E-state index contributed by atoms with van der Waals surface area (Å²) in [5.74, 6) is 0.442. The molecule has 0 bridgehead atoms. The first-order valence-corrected chi connectivity index (χ1v) is 7.63. The highest BCUT2D eigenvalue weighted by Crippen LogP contribution is 2.30. The summed E-state index contributed by atoms with van der Waals surface area (Å²) in [6.07, 6.45) is 8.67. The van der Waals surface area contributed by atoms with Gasteiger partial charge in [-0.25, -0.2) is 9.78 Å². The molecular formula is C15H21ClN2O2. The average Bonchev–Trinajstić information content (AvgIpc) is 2.43. The molecule has 0 aromatic carbocycles. The van der Waals surface area contributed by atoms with Crippen molar-refractivity contribution in [3.63, 3.8) is 0 Å². The lowest BCUT2D eigenvalue weighted by molar-refractivity contribution is 0.0696. The minimum Gasteiger partial charge on any atom is -0.478 e. The minimum absolute atomic E-state index is 0.118. The molecule has 0 amide bonds. The Labute approximate surface area is 124 Å². The summed E-state index contributed by atoms with van der Waals surface area (Å²) in [7, 11) is 0. The standard InChI is InChI=1S/C15H21ClN2O2/c1-2-3-10-4-6-12(7-5-10)18-14-13(16)8-11(9-17-14)15(19)20/h8-10,12H,2-7H2,1H3,(H,17,18)(H,19,20). The molecule has 0 radical (unpaired) electrons. The van der Waals surface area contributed by atoms with Crippen molar-refractivity contribution in [3.8, 4) is 0 Å². The molecule has 2 N–H and O–H groups in total. The normalized spacial score (nSPS) is 22.5. The van der Waals surface area contributed by atoms with Crippen molar-refractivity contribution < 1.29 is 9.90 Å². The molecule has 1 aromatic rings. The second-order valence-electron chi connectivity index (χ2n) is 5.51. The van der Waals surface area contributed by atoms with Gasteiger partial charge in [0.05, 0.1) is 10.6 Å². The van der Waals surface area contributed by atoms with Crippen molar-refractivity contribution in [2.75, 3.05) is 5.32 Å². The molecule has 0 saturated heterocycles. The van der Waals surface area contributed by atoms with E-state index in [4.69, 9.17) is 16.7 Å². The highest BCUT2D eigenvalue weighted by molar-refractivity contribution is 6.33. The Hall–Kier alpha value is -1.29. The summed E-state index contributed by atoms with van der Waals surface area (Å²) in [6, 6.07) is 1.84. The largest absolute Gasteiger partial charge is 0.478 e. The fraction of sp³-hybridized carbons (Fsp3) is 0.600. The SMILES string of the molecule is CCCC1CCC(Nc2ncc(C(=O)O)cc2Cl)CC1. The van der Waals surface area contributed by atoms with Crippen LogP contribution in [0.1, 0.15) is 55.8 Å². The number of nitrogens with one attached hydrogen (secondary N) is 1. The first kappa shape index (κ1) is 15.1. The van der Waals surface area contributed by atoms with E-state index in [0.717, 1.165) is 18.8 Å². The molecule has 0 atom stereocenters. The van der Waals surface area contributed by atoms with Crippen molar-refractivity contribution in [1.82, 2.24) is 4.98 Å². The first-order valence-electron chi connectivity index (χ1n) is 7.25. The number of pyridine rings is 1. The lowest BCUT2D eigenvalue weighted by Crippen LogP contribution is -2.26. The molecule has 1 heterocycles. The number of carboxylic acids is 1. The van der Waals surface area contributed by atoms with Crippen LogP contribution in [0.25, 0.3) is 0 Å². The van der Waals surface area contributed by atoms with E-state index in [2.05, 4.69) is 17.2 Å². The summed E-state index contributed by atoms with van der Waals surface area (Å²) in [5.41, 5.74) is 0.118. The molecule has 1 aliphatic rings. The Morgan fingerprint density at radius 2 is 2.15 bits per heavy atom. The maximum absolute atomic E-state index is 10.8. The molecule has 1 fully saturated rings. The van der Waals surface area contributed by atoms with Crippen molar-refractivity contribution in [1.29, 1.82) is 0 Å².